The topological polar surface area (TPSA) is 83.5 Å². The smallest absolute Gasteiger partial charge is 0.251 e. The third-order valence-electron chi connectivity index (χ3n) is 5.62. The molecule has 0 aliphatic carbocycles. The summed E-state index contributed by atoms with van der Waals surface area (Å²) < 4.78 is 5.33. The highest BCUT2D eigenvalue weighted by molar-refractivity contribution is 7.98. The molecule has 1 saturated heterocycles. The Morgan fingerprint density at radius 1 is 1.06 bits per heavy atom. The Bertz CT molecular complexity index is 1090. The number of pyridine rings is 1. The van der Waals surface area contributed by atoms with Crippen LogP contribution in [0.1, 0.15) is 27.2 Å². The summed E-state index contributed by atoms with van der Waals surface area (Å²) in [7, 11) is 3.82. The molecular weight excluding hydrogens is 448 g/mol. The zero-order chi connectivity index (χ0) is 23.8. The fourth-order valence-corrected chi connectivity index (χ4v) is 4.49. The number of rotatable bonds is 9. The van der Waals surface area contributed by atoms with Crippen LogP contribution in [0, 0.1) is 0 Å². The molecule has 178 valence electrons. The van der Waals surface area contributed by atoms with Crippen molar-refractivity contribution in [2.45, 2.75) is 24.1 Å². The van der Waals surface area contributed by atoms with Crippen LogP contribution in [-0.2, 0) is 23.6 Å². The van der Waals surface area contributed by atoms with Gasteiger partial charge in [0, 0.05) is 69.6 Å². The summed E-state index contributed by atoms with van der Waals surface area (Å²) in [5.41, 5.74) is 3.57. The molecule has 1 aliphatic heterocycles. The van der Waals surface area contributed by atoms with Crippen molar-refractivity contribution in [2.75, 3.05) is 45.2 Å². The number of piperazine rings is 1. The van der Waals surface area contributed by atoms with E-state index in [-0.39, 0.29) is 5.91 Å². The van der Waals surface area contributed by atoms with Crippen LogP contribution < -0.4 is 10.2 Å². The van der Waals surface area contributed by atoms with Gasteiger partial charge in [-0.3, -0.25) is 9.78 Å². The van der Waals surface area contributed by atoms with Crippen molar-refractivity contribution in [3.05, 3.63) is 77.2 Å². The van der Waals surface area contributed by atoms with Crippen LogP contribution in [0.3, 0.4) is 0 Å². The summed E-state index contributed by atoms with van der Waals surface area (Å²) in [5, 5.41) is 3.68. The van der Waals surface area contributed by atoms with Crippen LogP contribution in [0.2, 0.25) is 0 Å². The number of carbonyl (C=O) groups excluding carboxylic acids is 1. The second-order valence-electron chi connectivity index (χ2n) is 8.25. The van der Waals surface area contributed by atoms with Gasteiger partial charge in [-0.25, -0.2) is 9.97 Å². The van der Waals surface area contributed by atoms with Gasteiger partial charge in [0.25, 0.3) is 5.91 Å². The predicted molar refractivity (Wildman–Crippen MR) is 134 cm³/mol. The lowest BCUT2D eigenvalue weighted by molar-refractivity contribution is 0.0951. The number of carbonyl (C=O) groups is 1. The average Bonchev–Trinajstić information content (AvgIpc) is 2.87. The van der Waals surface area contributed by atoms with Gasteiger partial charge in [0.1, 0.15) is 5.82 Å². The van der Waals surface area contributed by atoms with Gasteiger partial charge in [0.05, 0.1) is 12.3 Å². The van der Waals surface area contributed by atoms with Gasteiger partial charge >= 0.3 is 0 Å². The minimum absolute atomic E-state index is 0.0978. The molecule has 3 aromatic rings. The summed E-state index contributed by atoms with van der Waals surface area (Å²) in [6.07, 6.45) is 3.44. The number of thioether (sulfide) groups is 1. The molecule has 1 N–H and O–H groups in total. The summed E-state index contributed by atoms with van der Waals surface area (Å²) in [6, 6.07) is 13.5. The van der Waals surface area contributed by atoms with Gasteiger partial charge in [-0.15, -0.1) is 0 Å². The number of methoxy groups -OCH3 is 1. The van der Waals surface area contributed by atoms with E-state index in [2.05, 4.69) is 32.1 Å². The highest BCUT2D eigenvalue weighted by Gasteiger charge is 2.17. The third kappa shape index (κ3) is 6.75. The van der Waals surface area contributed by atoms with Crippen molar-refractivity contribution in [3.63, 3.8) is 0 Å². The Hall–Kier alpha value is -3.01. The molecule has 2 aromatic heterocycles. The van der Waals surface area contributed by atoms with Crippen molar-refractivity contribution < 1.29 is 9.53 Å². The first-order valence-corrected chi connectivity index (χ1v) is 12.3. The van der Waals surface area contributed by atoms with Crippen molar-refractivity contribution >= 4 is 23.5 Å². The standard InChI is InChI=1S/C25H30N6O2S/c1-30-10-12-31(13-11-30)23-15-22(17-33-2)28-25(29-23)34-18-20-4-3-5-21(14-20)24(32)27-16-19-6-8-26-9-7-19/h3-9,14-15H,10-13,16-18H2,1-2H3,(H,27,32). The molecule has 0 spiro atoms. The lowest BCUT2D eigenvalue weighted by Gasteiger charge is -2.33. The molecule has 0 saturated carbocycles. The Labute approximate surface area is 204 Å². The zero-order valence-corrected chi connectivity index (χ0v) is 20.4. The highest BCUT2D eigenvalue weighted by atomic mass is 32.2. The first-order chi connectivity index (χ1) is 16.6. The predicted octanol–water partition coefficient (Wildman–Crippen LogP) is 2.99. The van der Waals surface area contributed by atoms with Crippen LogP contribution in [0.25, 0.3) is 0 Å². The molecule has 34 heavy (non-hydrogen) atoms. The van der Waals surface area contributed by atoms with Crippen molar-refractivity contribution in [1.82, 2.24) is 25.2 Å². The molecule has 1 amide bonds. The first-order valence-electron chi connectivity index (χ1n) is 11.3. The average molecular weight is 479 g/mol. The zero-order valence-electron chi connectivity index (χ0n) is 19.6. The van der Waals surface area contributed by atoms with Gasteiger partial charge in [-0.2, -0.15) is 0 Å². The van der Waals surface area contributed by atoms with Crippen molar-refractivity contribution in [1.29, 1.82) is 0 Å². The Kier molecular flexibility index (Phi) is 8.46. The van der Waals surface area contributed by atoms with E-state index in [0.717, 1.165) is 54.0 Å². The molecule has 0 atom stereocenters. The quantitative estimate of drug-likeness (QED) is 0.371. The maximum Gasteiger partial charge on any atom is 0.251 e. The fraction of sp³-hybridized carbons (Fsp3) is 0.360. The molecule has 9 heteroatoms. The monoisotopic (exact) mass is 478 g/mol. The summed E-state index contributed by atoms with van der Waals surface area (Å²) in [5.74, 6) is 1.52. The van der Waals surface area contributed by atoms with E-state index in [1.807, 2.05) is 42.5 Å². The maximum absolute atomic E-state index is 12.6. The van der Waals surface area contributed by atoms with E-state index in [4.69, 9.17) is 9.72 Å². The number of benzene rings is 1. The third-order valence-corrected chi connectivity index (χ3v) is 6.54. The molecule has 0 bridgehead atoms. The SMILES string of the molecule is COCc1cc(N2CCN(C)CC2)nc(SCc2cccc(C(=O)NCc3ccncc3)c2)n1. The number of aromatic nitrogens is 3. The van der Waals surface area contributed by atoms with Crippen molar-refractivity contribution in [3.8, 4) is 0 Å². The lowest BCUT2D eigenvalue weighted by atomic mass is 10.1. The van der Waals surface area contributed by atoms with Crippen molar-refractivity contribution in [2.24, 2.45) is 0 Å². The number of likely N-dealkylation sites (N-methyl/N-ethyl adjacent to an activating group) is 1. The van der Waals surface area contributed by atoms with Crippen LogP contribution in [0.4, 0.5) is 5.82 Å². The fourth-order valence-electron chi connectivity index (χ4n) is 3.68. The molecule has 4 rings (SSSR count). The van der Waals surface area contributed by atoms with E-state index in [0.29, 0.717) is 24.5 Å². The molecule has 0 unspecified atom stereocenters. The van der Waals surface area contributed by atoms with E-state index in [1.54, 1.807) is 31.3 Å². The number of amides is 1. The number of ether oxygens (including phenoxy) is 1. The van der Waals surface area contributed by atoms with E-state index in [1.165, 1.54) is 0 Å². The molecule has 1 aromatic carbocycles. The largest absolute Gasteiger partial charge is 0.378 e. The molecule has 1 fully saturated rings. The minimum atomic E-state index is -0.0978. The van der Waals surface area contributed by atoms with E-state index < -0.39 is 0 Å². The molecule has 3 heterocycles. The summed E-state index contributed by atoms with van der Waals surface area (Å²) in [6.45, 7) is 4.84. The Morgan fingerprint density at radius 3 is 2.62 bits per heavy atom. The Balaban J connectivity index is 1.41. The molecule has 1 aliphatic rings. The second kappa shape index (κ2) is 11.9. The second-order valence-corrected chi connectivity index (χ2v) is 9.19. The number of hydrogen-bond donors (Lipinski definition) is 1. The number of nitrogens with one attached hydrogen (secondary N) is 1. The number of hydrogen-bond acceptors (Lipinski definition) is 8. The maximum atomic E-state index is 12.6. The minimum Gasteiger partial charge on any atom is -0.378 e. The van der Waals surface area contributed by atoms with Gasteiger partial charge in [0.2, 0.25) is 0 Å². The number of nitrogens with zero attached hydrogens (tertiary/aromatic N) is 5. The molecule has 0 radical (unpaired) electrons. The Morgan fingerprint density at radius 2 is 1.85 bits per heavy atom. The van der Waals surface area contributed by atoms with Gasteiger partial charge in [0.15, 0.2) is 5.16 Å². The van der Waals surface area contributed by atoms with Crippen LogP contribution >= 0.6 is 11.8 Å². The van der Waals surface area contributed by atoms with E-state index >= 15 is 0 Å². The van der Waals surface area contributed by atoms with Crippen LogP contribution in [0.5, 0.6) is 0 Å². The lowest BCUT2D eigenvalue weighted by Crippen LogP contribution is -2.44. The van der Waals surface area contributed by atoms with Crippen LogP contribution in [-0.4, -0.2) is 66.1 Å². The van der Waals surface area contributed by atoms with Crippen LogP contribution in [0.15, 0.2) is 60.0 Å². The van der Waals surface area contributed by atoms with Gasteiger partial charge in [-0.05, 0) is 42.4 Å². The highest BCUT2D eigenvalue weighted by Crippen LogP contribution is 2.24. The van der Waals surface area contributed by atoms with Gasteiger partial charge in [-0.1, -0.05) is 23.9 Å². The summed E-state index contributed by atoms with van der Waals surface area (Å²) >= 11 is 1.57. The summed E-state index contributed by atoms with van der Waals surface area (Å²) in [4.78, 5) is 30.7. The number of anilines is 1. The van der Waals surface area contributed by atoms with E-state index in [9.17, 15) is 4.79 Å². The first kappa shape index (κ1) is 24.1. The molecule has 8 nitrogen and oxygen atoms in total. The molecular formula is C25H30N6O2S. The van der Waals surface area contributed by atoms with Gasteiger partial charge < -0.3 is 19.9 Å². The normalized spacial score (nSPS) is 14.2.